The van der Waals surface area contributed by atoms with Crippen LogP contribution in [-0.2, 0) is 14.3 Å². The van der Waals surface area contributed by atoms with Crippen molar-refractivity contribution in [1.82, 2.24) is 10.3 Å². The third kappa shape index (κ3) is 4.92. The zero-order valence-corrected chi connectivity index (χ0v) is 13.7. The number of hydrogen-bond donors (Lipinski definition) is 1. The van der Waals surface area contributed by atoms with Gasteiger partial charge in [-0.1, -0.05) is 18.2 Å². The maximum atomic E-state index is 12.0. The maximum Gasteiger partial charge on any atom is 0.361 e. The Balaban J connectivity index is 1.89. The van der Waals surface area contributed by atoms with E-state index >= 15 is 0 Å². The summed E-state index contributed by atoms with van der Waals surface area (Å²) in [5.74, 6) is -0.377. The molecule has 2 rings (SSSR count). The van der Waals surface area contributed by atoms with Gasteiger partial charge in [0, 0.05) is 25.8 Å². The van der Waals surface area contributed by atoms with E-state index in [-0.39, 0.29) is 18.2 Å². The van der Waals surface area contributed by atoms with Crippen LogP contribution in [0.4, 0.5) is 0 Å². The first kappa shape index (κ1) is 17.7. The molecule has 1 aromatic carbocycles. The van der Waals surface area contributed by atoms with E-state index in [2.05, 4.69) is 10.3 Å². The van der Waals surface area contributed by atoms with Gasteiger partial charge >= 0.3 is 5.97 Å². The van der Waals surface area contributed by atoms with E-state index in [1.807, 2.05) is 30.3 Å². The summed E-state index contributed by atoms with van der Waals surface area (Å²) in [6, 6.07) is 9.23. The van der Waals surface area contributed by atoms with Gasteiger partial charge in [0.2, 0.25) is 5.89 Å². The highest BCUT2D eigenvalue weighted by molar-refractivity contribution is 5.90. The molecule has 7 nitrogen and oxygen atoms in total. The van der Waals surface area contributed by atoms with Gasteiger partial charge in [-0.3, -0.25) is 4.79 Å². The van der Waals surface area contributed by atoms with Crippen LogP contribution in [0.3, 0.4) is 0 Å². The summed E-state index contributed by atoms with van der Waals surface area (Å²) < 4.78 is 15.3. The maximum absolute atomic E-state index is 12.0. The second kappa shape index (κ2) is 8.83. The summed E-state index contributed by atoms with van der Waals surface area (Å²) in [6.07, 6.45) is 0.693. The molecule has 24 heavy (non-hydrogen) atoms. The number of ether oxygens (including phenoxy) is 2. The number of methoxy groups -OCH3 is 1. The number of carbonyl (C=O) groups is 2. The van der Waals surface area contributed by atoms with Gasteiger partial charge in [-0.05, 0) is 25.5 Å². The Morgan fingerprint density at radius 1 is 1.25 bits per heavy atom. The Morgan fingerprint density at radius 3 is 2.71 bits per heavy atom. The summed E-state index contributed by atoms with van der Waals surface area (Å²) in [4.78, 5) is 27.8. The van der Waals surface area contributed by atoms with Crippen LogP contribution < -0.4 is 5.32 Å². The van der Waals surface area contributed by atoms with Crippen molar-refractivity contribution >= 4 is 11.9 Å². The molecular formula is C17H20N2O5. The van der Waals surface area contributed by atoms with Crippen molar-refractivity contribution in [1.29, 1.82) is 0 Å². The molecule has 0 aliphatic carbocycles. The predicted molar refractivity (Wildman–Crippen MR) is 86.5 cm³/mol. The third-order valence-corrected chi connectivity index (χ3v) is 3.19. The Bertz CT molecular complexity index is 682. The molecule has 128 valence electrons. The molecule has 0 saturated carbocycles. The molecule has 1 N–H and O–H groups in total. The number of amides is 1. The molecular weight excluding hydrogens is 312 g/mol. The van der Waals surface area contributed by atoms with Crippen molar-refractivity contribution in [2.45, 2.75) is 13.3 Å². The first-order valence-electron chi connectivity index (χ1n) is 7.57. The number of benzene rings is 1. The zero-order valence-electron chi connectivity index (χ0n) is 13.7. The summed E-state index contributed by atoms with van der Waals surface area (Å²) >= 11 is 0. The fraction of sp³-hybridized carbons (Fsp3) is 0.353. The number of rotatable bonds is 8. The van der Waals surface area contributed by atoms with E-state index in [9.17, 15) is 9.59 Å². The second-order valence-electron chi connectivity index (χ2n) is 5.06. The fourth-order valence-electron chi connectivity index (χ4n) is 1.98. The average Bonchev–Trinajstić information content (AvgIpc) is 2.99. The first-order valence-corrected chi connectivity index (χ1v) is 7.57. The van der Waals surface area contributed by atoms with Crippen LogP contribution >= 0.6 is 0 Å². The molecule has 1 heterocycles. The standard InChI is InChI=1S/C17H20N2O5/c1-12-15(19-16(24-12)13-7-4-3-5-8-13)17(21)23-11-14(20)18-9-6-10-22-2/h3-5,7-8H,6,9-11H2,1-2H3,(H,18,20). The fourth-order valence-corrected chi connectivity index (χ4v) is 1.98. The van der Waals surface area contributed by atoms with Crippen LogP contribution in [-0.4, -0.2) is 43.7 Å². The van der Waals surface area contributed by atoms with Crippen molar-refractivity contribution in [3.05, 3.63) is 41.8 Å². The highest BCUT2D eigenvalue weighted by Gasteiger charge is 2.20. The predicted octanol–water partition coefficient (Wildman–Crippen LogP) is 1.96. The van der Waals surface area contributed by atoms with Gasteiger partial charge in [-0.25, -0.2) is 9.78 Å². The van der Waals surface area contributed by atoms with Gasteiger partial charge < -0.3 is 19.2 Å². The van der Waals surface area contributed by atoms with E-state index in [1.54, 1.807) is 14.0 Å². The van der Waals surface area contributed by atoms with Crippen molar-refractivity contribution in [2.75, 3.05) is 26.9 Å². The molecule has 0 unspecified atom stereocenters. The minimum absolute atomic E-state index is 0.0704. The molecule has 7 heteroatoms. The Labute approximate surface area is 140 Å². The minimum Gasteiger partial charge on any atom is -0.451 e. The number of hydrogen-bond acceptors (Lipinski definition) is 6. The van der Waals surface area contributed by atoms with Gasteiger partial charge in [-0.2, -0.15) is 0 Å². The lowest BCUT2D eigenvalue weighted by molar-refractivity contribution is -0.124. The third-order valence-electron chi connectivity index (χ3n) is 3.19. The van der Waals surface area contributed by atoms with Crippen molar-refractivity contribution in [2.24, 2.45) is 0 Å². The molecule has 0 atom stereocenters. The number of nitrogens with one attached hydrogen (secondary N) is 1. The zero-order chi connectivity index (χ0) is 17.4. The lowest BCUT2D eigenvalue weighted by atomic mass is 10.2. The molecule has 0 aliphatic rings. The van der Waals surface area contributed by atoms with Crippen molar-refractivity contribution < 1.29 is 23.5 Å². The number of oxazole rings is 1. The lowest BCUT2D eigenvalue weighted by Crippen LogP contribution is -2.30. The van der Waals surface area contributed by atoms with Gasteiger partial charge in [0.1, 0.15) is 5.76 Å². The molecule has 0 fully saturated rings. The summed E-state index contributed by atoms with van der Waals surface area (Å²) in [5, 5.41) is 2.63. The topological polar surface area (TPSA) is 90.7 Å². The molecule has 0 saturated heterocycles. The quantitative estimate of drug-likeness (QED) is 0.587. The Hall–Kier alpha value is -2.67. The first-order chi connectivity index (χ1) is 11.6. The van der Waals surface area contributed by atoms with Crippen molar-refractivity contribution in [3.8, 4) is 11.5 Å². The van der Waals surface area contributed by atoms with Crippen LogP contribution in [0, 0.1) is 6.92 Å². The molecule has 2 aromatic rings. The van der Waals surface area contributed by atoms with Gasteiger partial charge in [0.15, 0.2) is 12.3 Å². The number of esters is 1. The van der Waals surface area contributed by atoms with E-state index < -0.39 is 5.97 Å². The molecule has 0 radical (unpaired) electrons. The van der Waals surface area contributed by atoms with Crippen LogP contribution in [0.15, 0.2) is 34.7 Å². The number of carbonyl (C=O) groups excluding carboxylic acids is 2. The number of aromatic nitrogens is 1. The molecule has 0 aliphatic heterocycles. The highest BCUT2D eigenvalue weighted by atomic mass is 16.5. The second-order valence-corrected chi connectivity index (χ2v) is 5.06. The van der Waals surface area contributed by atoms with E-state index in [0.717, 1.165) is 5.56 Å². The lowest BCUT2D eigenvalue weighted by Gasteiger charge is -2.05. The van der Waals surface area contributed by atoms with Gasteiger partial charge in [-0.15, -0.1) is 0 Å². The Morgan fingerprint density at radius 2 is 2.00 bits per heavy atom. The molecule has 1 aromatic heterocycles. The van der Waals surface area contributed by atoms with Crippen LogP contribution in [0.2, 0.25) is 0 Å². The minimum atomic E-state index is -0.689. The molecule has 0 spiro atoms. The van der Waals surface area contributed by atoms with Gasteiger partial charge in [0.25, 0.3) is 5.91 Å². The smallest absolute Gasteiger partial charge is 0.361 e. The monoisotopic (exact) mass is 332 g/mol. The normalized spacial score (nSPS) is 10.4. The summed E-state index contributed by atoms with van der Waals surface area (Å²) in [5.41, 5.74) is 0.830. The number of aryl methyl sites for hydroxylation is 1. The van der Waals surface area contributed by atoms with E-state index in [4.69, 9.17) is 13.9 Å². The average molecular weight is 332 g/mol. The summed E-state index contributed by atoms with van der Waals surface area (Å²) in [7, 11) is 1.59. The SMILES string of the molecule is COCCCNC(=O)COC(=O)c1nc(-c2ccccc2)oc1C. The largest absolute Gasteiger partial charge is 0.451 e. The highest BCUT2D eigenvalue weighted by Crippen LogP contribution is 2.21. The Kier molecular flexibility index (Phi) is 6.51. The summed E-state index contributed by atoms with van der Waals surface area (Å²) in [6.45, 7) is 2.28. The van der Waals surface area contributed by atoms with Crippen LogP contribution in [0.1, 0.15) is 22.7 Å². The molecule has 1 amide bonds. The number of nitrogens with zero attached hydrogens (tertiary/aromatic N) is 1. The van der Waals surface area contributed by atoms with E-state index in [1.165, 1.54) is 0 Å². The van der Waals surface area contributed by atoms with Crippen LogP contribution in [0.25, 0.3) is 11.5 Å². The van der Waals surface area contributed by atoms with E-state index in [0.29, 0.717) is 31.2 Å². The van der Waals surface area contributed by atoms with Crippen LogP contribution in [0.5, 0.6) is 0 Å². The van der Waals surface area contributed by atoms with Crippen molar-refractivity contribution in [3.63, 3.8) is 0 Å². The van der Waals surface area contributed by atoms with Gasteiger partial charge in [0.05, 0.1) is 0 Å². The molecule has 0 bridgehead atoms.